The van der Waals surface area contributed by atoms with E-state index in [0.29, 0.717) is 6.54 Å². The van der Waals surface area contributed by atoms with Crippen LogP contribution in [0.5, 0.6) is 5.75 Å². The van der Waals surface area contributed by atoms with Crippen LogP contribution in [-0.2, 0) is 10.3 Å². The largest absolute Gasteiger partial charge is 0.497 e. The minimum atomic E-state index is -0.683. The average molecular weight is 351 g/mol. The van der Waals surface area contributed by atoms with Crippen molar-refractivity contribution in [3.63, 3.8) is 0 Å². The molecule has 1 aliphatic rings. The van der Waals surface area contributed by atoms with Crippen molar-refractivity contribution in [2.45, 2.75) is 26.4 Å². The molecule has 0 spiro atoms. The minimum Gasteiger partial charge on any atom is -0.497 e. The number of hydrogen-bond acceptors (Lipinski definition) is 4. The second kappa shape index (κ2) is 5.76. The second-order valence-corrected chi connectivity index (χ2v) is 6.82. The molecule has 6 heteroatoms. The van der Waals surface area contributed by atoms with Gasteiger partial charge in [0.25, 0.3) is 0 Å². The van der Waals surface area contributed by atoms with Crippen molar-refractivity contribution >= 4 is 22.8 Å². The maximum absolute atomic E-state index is 12.3. The molecule has 0 saturated carbocycles. The van der Waals surface area contributed by atoms with Gasteiger partial charge in [0.1, 0.15) is 17.2 Å². The molecule has 26 heavy (non-hydrogen) atoms. The van der Waals surface area contributed by atoms with Crippen LogP contribution in [0.2, 0.25) is 0 Å². The van der Waals surface area contributed by atoms with Crippen molar-refractivity contribution in [3.8, 4) is 17.1 Å². The van der Waals surface area contributed by atoms with Gasteiger partial charge in [-0.1, -0.05) is 0 Å². The molecule has 0 bridgehead atoms. The smallest absolute Gasteiger partial charge is 0.415 e. The SMILES string of the molecule is CCN1C(=O)OC(C)(C)c2cc3[nH]c(-c4ccc(OC)cc4)nc3cc21. The van der Waals surface area contributed by atoms with Crippen molar-refractivity contribution in [1.29, 1.82) is 0 Å². The normalized spacial score (nSPS) is 15.7. The summed E-state index contributed by atoms with van der Waals surface area (Å²) in [6.45, 7) is 6.29. The molecule has 1 amide bonds. The first-order valence-corrected chi connectivity index (χ1v) is 8.62. The standard InChI is InChI=1S/C20H21N3O3/c1-5-23-17-11-16-15(10-14(17)20(2,3)26-19(23)24)21-18(22-16)12-6-8-13(25-4)9-7-12/h6-11H,5H2,1-4H3,(H,21,22). The van der Waals surface area contributed by atoms with Gasteiger partial charge in [-0.25, -0.2) is 9.78 Å². The predicted octanol–water partition coefficient (Wildman–Crippen LogP) is 4.45. The van der Waals surface area contributed by atoms with E-state index in [4.69, 9.17) is 14.5 Å². The van der Waals surface area contributed by atoms with Crippen molar-refractivity contribution in [3.05, 3.63) is 42.0 Å². The van der Waals surface area contributed by atoms with Gasteiger partial charge < -0.3 is 14.5 Å². The lowest BCUT2D eigenvalue weighted by molar-refractivity contribution is 0.0354. The zero-order valence-corrected chi connectivity index (χ0v) is 15.3. The molecule has 0 atom stereocenters. The van der Waals surface area contributed by atoms with E-state index in [9.17, 15) is 4.79 Å². The molecule has 0 aliphatic carbocycles. The molecule has 0 fully saturated rings. The highest BCUT2D eigenvalue weighted by molar-refractivity contribution is 5.95. The second-order valence-electron chi connectivity index (χ2n) is 6.82. The summed E-state index contributed by atoms with van der Waals surface area (Å²) >= 11 is 0. The number of H-pyrrole nitrogens is 1. The fraction of sp³-hybridized carbons (Fsp3) is 0.300. The number of benzene rings is 2. The maximum atomic E-state index is 12.3. The average Bonchev–Trinajstić information content (AvgIpc) is 3.03. The number of ether oxygens (including phenoxy) is 2. The van der Waals surface area contributed by atoms with Crippen LogP contribution in [0.15, 0.2) is 36.4 Å². The number of carbonyl (C=O) groups excluding carboxylic acids is 1. The highest BCUT2D eigenvalue weighted by Crippen LogP contribution is 2.41. The molecule has 1 aliphatic heterocycles. The fourth-order valence-corrected chi connectivity index (χ4v) is 3.36. The number of cyclic esters (lactones) is 1. The number of nitrogens with one attached hydrogen (secondary N) is 1. The van der Waals surface area contributed by atoms with E-state index in [2.05, 4.69) is 4.98 Å². The van der Waals surface area contributed by atoms with Gasteiger partial charge in [-0.2, -0.15) is 0 Å². The lowest BCUT2D eigenvalue weighted by Gasteiger charge is -2.38. The Morgan fingerprint density at radius 3 is 2.62 bits per heavy atom. The fourth-order valence-electron chi connectivity index (χ4n) is 3.36. The van der Waals surface area contributed by atoms with Gasteiger partial charge in [-0.15, -0.1) is 0 Å². The number of rotatable bonds is 3. The molecule has 0 radical (unpaired) electrons. The van der Waals surface area contributed by atoms with Crippen LogP contribution in [-0.4, -0.2) is 29.7 Å². The third kappa shape index (κ3) is 2.49. The molecule has 1 aromatic heterocycles. The van der Waals surface area contributed by atoms with Crippen LogP contribution in [0.3, 0.4) is 0 Å². The van der Waals surface area contributed by atoms with E-state index >= 15 is 0 Å². The zero-order valence-electron chi connectivity index (χ0n) is 15.3. The zero-order chi connectivity index (χ0) is 18.5. The number of fused-ring (bicyclic) bond motifs is 2. The maximum Gasteiger partial charge on any atom is 0.415 e. The van der Waals surface area contributed by atoms with Crippen molar-refractivity contribution in [2.24, 2.45) is 0 Å². The monoisotopic (exact) mass is 351 g/mol. The summed E-state index contributed by atoms with van der Waals surface area (Å²) < 4.78 is 10.8. The molecular weight excluding hydrogens is 330 g/mol. The summed E-state index contributed by atoms with van der Waals surface area (Å²) in [5, 5.41) is 0. The van der Waals surface area contributed by atoms with Crippen LogP contribution >= 0.6 is 0 Å². The Bertz CT molecular complexity index is 989. The summed E-state index contributed by atoms with van der Waals surface area (Å²) in [5.41, 5.74) is 3.84. The van der Waals surface area contributed by atoms with Crippen LogP contribution < -0.4 is 9.64 Å². The molecule has 6 nitrogen and oxygen atoms in total. The molecule has 134 valence electrons. The van der Waals surface area contributed by atoms with E-state index in [1.54, 1.807) is 12.0 Å². The van der Waals surface area contributed by atoms with Crippen LogP contribution in [0.1, 0.15) is 26.3 Å². The van der Waals surface area contributed by atoms with E-state index < -0.39 is 5.60 Å². The Morgan fingerprint density at radius 2 is 1.96 bits per heavy atom. The summed E-state index contributed by atoms with van der Waals surface area (Å²) in [6.07, 6.45) is -0.324. The predicted molar refractivity (Wildman–Crippen MR) is 101 cm³/mol. The van der Waals surface area contributed by atoms with Crippen LogP contribution in [0.25, 0.3) is 22.4 Å². The van der Waals surface area contributed by atoms with E-state index in [0.717, 1.165) is 39.4 Å². The quantitative estimate of drug-likeness (QED) is 0.757. The summed E-state index contributed by atoms with van der Waals surface area (Å²) in [4.78, 5) is 22.0. The summed E-state index contributed by atoms with van der Waals surface area (Å²) in [7, 11) is 1.64. The minimum absolute atomic E-state index is 0.324. The number of anilines is 1. The van der Waals surface area contributed by atoms with E-state index in [1.165, 1.54) is 0 Å². The molecule has 1 N–H and O–H groups in total. The molecule has 2 heterocycles. The number of carbonyl (C=O) groups is 1. The number of imidazole rings is 1. The Labute approximate surface area is 151 Å². The van der Waals surface area contributed by atoms with Gasteiger partial charge in [-0.3, -0.25) is 4.90 Å². The Hall–Kier alpha value is -3.02. The van der Waals surface area contributed by atoms with Gasteiger partial charge in [0.05, 0.1) is 23.8 Å². The molecule has 0 saturated heterocycles. The van der Waals surface area contributed by atoms with E-state index in [1.807, 2.05) is 57.2 Å². The van der Waals surface area contributed by atoms with Gasteiger partial charge in [0.15, 0.2) is 0 Å². The van der Waals surface area contributed by atoms with Crippen LogP contribution in [0, 0.1) is 0 Å². The highest BCUT2D eigenvalue weighted by atomic mass is 16.6. The van der Waals surface area contributed by atoms with Gasteiger partial charge in [0, 0.05) is 17.7 Å². The lowest BCUT2D eigenvalue weighted by atomic mass is 9.93. The number of nitrogens with zero attached hydrogens (tertiary/aromatic N) is 2. The third-order valence-electron chi connectivity index (χ3n) is 4.78. The molecular formula is C20H21N3O3. The number of aromatic nitrogens is 2. The number of aromatic amines is 1. The van der Waals surface area contributed by atoms with Gasteiger partial charge in [-0.05, 0) is 57.2 Å². The van der Waals surface area contributed by atoms with Crippen molar-refractivity contribution in [1.82, 2.24) is 9.97 Å². The first-order chi connectivity index (χ1) is 12.4. The Morgan fingerprint density at radius 1 is 1.23 bits per heavy atom. The molecule has 2 aromatic carbocycles. The molecule has 4 rings (SSSR count). The Kier molecular flexibility index (Phi) is 3.64. The molecule has 3 aromatic rings. The third-order valence-corrected chi connectivity index (χ3v) is 4.78. The summed E-state index contributed by atoms with van der Waals surface area (Å²) in [6, 6.07) is 11.7. The number of amides is 1. The first-order valence-electron chi connectivity index (χ1n) is 8.62. The first kappa shape index (κ1) is 16.4. The Balaban J connectivity index is 1.85. The number of hydrogen-bond donors (Lipinski definition) is 1. The van der Waals surface area contributed by atoms with Crippen molar-refractivity contribution < 1.29 is 14.3 Å². The van der Waals surface area contributed by atoms with Gasteiger partial charge >= 0.3 is 6.09 Å². The van der Waals surface area contributed by atoms with Crippen molar-refractivity contribution in [2.75, 3.05) is 18.6 Å². The van der Waals surface area contributed by atoms with E-state index in [-0.39, 0.29) is 6.09 Å². The highest BCUT2D eigenvalue weighted by Gasteiger charge is 2.38. The molecule has 0 unspecified atom stereocenters. The topological polar surface area (TPSA) is 67.5 Å². The number of methoxy groups -OCH3 is 1. The summed E-state index contributed by atoms with van der Waals surface area (Å²) in [5.74, 6) is 1.58. The van der Waals surface area contributed by atoms with Gasteiger partial charge in [0.2, 0.25) is 0 Å². The van der Waals surface area contributed by atoms with Crippen LogP contribution in [0.4, 0.5) is 10.5 Å². The lowest BCUT2D eigenvalue weighted by Crippen LogP contribution is -2.43.